The minimum Gasteiger partial charge on any atom is -0.465 e. The van der Waals surface area contributed by atoms with Crippen LogP contribution in [0, 0.1) is 0 Å². The molecule has 32 heavy (non-hydrogen) atoms. The van der Waals surface area contributed by atoms with Crippen LogP contribution in [0.2, 0.25) is 5.02 Å². The van der Waals surface area contributed by atoms with E-state index < -0.39 is 12.1 Å². The maximum Gasteiger partial charge on any atom is 0.341 e. The molecular formula is C25H30ClN2O4+. The number of nitrogens with zero attached hydrogens (tertiary/aromatic N) is 1. The van der Waals surface area contributed by atoms with Gasteiger partial charge in [0.05, 0.1) is 32.6 Å². The van der Waals surface area contributed by atoms with E-state index in [0.717, 1.165) is 36.3 Å². The van der Waals surface area contributed by atoms with Crippen molar-refractivity contribution in [2.75, 3.05) is 26.7 Å². The van der Waals surface area contributed by atoms with E-state index in [1.165, 1.54) is 13.4 Å². The number of carbonyl (C=O) groups excluding carboxylic acids is 1. The van der Waals surface area contributed by atoms with Crippen LogP contribution < -0.4 is 10.0 Å². The van der Waals surface area contributed by atoms with Crippen molar-refractivity contribution in [1.29, 1.82) is 0 Å². The molecule has 0 radical (unpaired) electrons. The Labute approximate surface area is 193 Å². The number of aliphatic hydroxyl groups is 1. The van der Waals surface area contributed by atoms with Crippen LogP contribution in [-0.4, -0.2) is 37.8 Å². The molecular weight excluding hydrogens is 428 g/mol. The first-order valence-corrected chi connectivity index (χ1v) is 11.1. The van der Waals surface area contributed by atoms with Gasteiger partial charge in [0, 0.05) is 22.7 Å². The number of benzene rings is 2. The fourth-order valence-corrected chi connectivity index (χ4v) is 4.14. The van der Waals surface area contributed by atoms with Gasteiger partial charge in [-0.25, -0.2) is 9.39 Å². The van der Waals surface area contributed by atoms with Crippen LogP contribution in [0.5, 0.6) is 0 Å². The van der Waals surface area contributed by atoms with Crippen molar-refractivity contribution >= 4 is 23.3 Å². The Morgan fingerprint density at radius 1 is 1.19 bits per heavy atom. The van der Waals surface area contributed by atoms with Gasteiger partial charge >= 0.3 is 5.97 Å². The summed E-state index contributed by atoms with van der Waals surface area (Å²) in [6.45, 7) is 6.18. The highest BCUT2D eigenvalue weighted by molar-refractivity contribution is 6.30. The number of aliphatic hydroxyl groups excluding tert-OH is 1. The molecule has 0 spiro atoms. The first-order valence-electron chi connectivity index (χ1n) is 10.8. The monoisotopic (exact) mass is 457 g/mol. The lowest BCUT2D eigenvalue weighted by molar-refractivity contribution is 0.0601. The lowest BCUT2D eigenvalue weighted by atomic mass is 10.1. The Balaban J connectivity index is 1.91. The molecule has 0 aliphatic carbocycles. The van der Waals surface area contributed by atoms with Crippen molar-refractivity contribution in [1.82, 2.24) is 10.0 Å². The highest BCUT2D eigenvalue weighted by atomic mass is 35.5. The molecule has 0 saturated carbocycles. The zero-order valence-electron chi connectivity index (χ0n) is 18.7. The van der Waals surface area contributed by atoms with E-state index in [4.69, 9.17) is 20.8 Å². The van der Waals surface area contributed by atoms with Gasteiger partial charge < -0.3 is 14.3 Å². The molecule has 0 amide bonds. The Kier molecular flexibility index (Phi) is 8.10. The molecule has 3 rings (SSSR count). The smallest absolute Gasteiger partial charge is 0.341 e. The minimum atomic E-state index is -0.700. The molecule has 0 bridgehead atoms. The molecule has 1 aromatic heterocycles. The van der Waals surface area contributed by atoms with E-state index in [9.17, 15) is 9.90 Å². The summed E-state index contributed by atoms with van der Waals surface area (Å²) in [7, 11) is 1.35. The number of esters is 1. The molecule has 0 aliphatic heterocycles. The Morgan fingerprint density at radius 2 is 1.97 bits per heavy atom. The van der Waals surface area contributed by atoms with Crippen LogP contribution in [0.25, 0.3) is 11.3 Å². The average Bonchev–Trinajstić information content (AvgIpc) is 3.31. The first-order chi connectivity index (χ1) is 15.4. The number of carbonyl (C=O) groups is 1. The summed E-state index contributed by atoms with van der Waals surface area (Å²) in [6, 6.07) is 16.8. The minimum absolute atomic E-state index is 0.354. The number of quaternary nitrogens is 1. The van der Waals surface area contributed by atoms with E-state index in [1.54, 1.807) is 18.2 Å². The molecule has 3 aromatic rings. The molecule has 0 fully saturated rings. The fourth-order valence-electron chi connectivity index (χ4n) is 3.94. The molecule has 170 valence electrons. The van der Waals surface area contributed by atoms with E-state index >= 15 is 0 Å². The van der Waals surface area contributed by atoms with Gasteiger partial charge in [0.2, 0.25) is 0 Å². The zero-order valence-corrected chi connectivity index (χ0v) is 19.4. The zero-order chi connectivity index (χ0) is 23.1. The Hall–Kier alpha value is -2.64. The third-order valence-electron chi connectivity index (χ3n) is 5.64. The number of hydrogen-bond acceptors (Lipinski definition) is 5. The lowest BCUT2D eigenvalue weighted by Crippen LogP contribution is -2.61. The van der Waals surface area contributed by atoms with Gasteiger partial charge in [-0.05, 0) is 37.1 Å². The second-order valence-corrected chi connectivity index (χ2v) is 8.08. The third kappa shape index (κ3) is 5.22. The van der Waals surface area contributed by atoms with E-state index in [-0.39, 0.29) is 0 Å². The third-order valence-corrected chi connectivity index (χ3v) is 5.87. The topological polar surface area (TPSA) is 71.7 Å². The van der Waals surface area contributed by atoms with Crippen LogP contribution in [0.1, 0.15) is 42.3 Å². The van der Waals surface area contributed by atoms with Crippen molar-refractivity contribution < 1.29 is 19.1 Å². The van der Waals surface area contributed by atoms with Gasteiger partial charge in [-0.2, -0.15) is 5.43 Å². The number of furan rings is 1. The fraction of sp³-hybridized carbons (Fsp3) is 0.320. The molecule has 7 heteroatoms. The van der Waals surface area contributed by atoms with Gasteiger partial charge in [-0.1, -0.05) is 42.8 Å². The average molecular weight is 458 g/mol. The first kappa shape index (κ1) is 24.0. The summed E-state index contributed by atoms with van der Waals surface area (Å²) in [5.41, 5.74) is 6.52. The largest absolute Gasteiger partial charge is 0.465 e. The number of methoxy groups -OCH3 is 1. The second-order valence-electron chi connectivity index (χ2n) is 7.65. The number of nitrogens with one attached hydrogen (secondary N) is 1. The van der Waals surface area contributed by atoms with Crippen LogP contribution in [-0.2, 0) is 4.74 Å². The number of halogens is 1. The molecule has 2 aromatic carbocycles. The van der Waals surface area contributed by atoms with Gasteiger partial charge in [-0.15, -0.1) is 0 Å². The molecule has 0 aliphatic rings. The van der Waals surface area contributed by atoms with Crippen LogP contribution in [0.4, 0.5) is 5.69 Å². The standard InChI is InChI=1S/C25H30ClN2O4/c1-4-13-28(5-2,27-17-23(29)18-8-6-10-20(26)15-18)21-11-7-9-19(16-21)24-22(12-14-32-24)25(30)31-3/h6-12,14-16,23,27,29H,4-5,13,17H2,1-3H3/q+1/t23-,28?/m0/s1. The molecule has 1 unspecified atom stereocenters. The van der Waals surface area contributed by atoms with Gasteiger partial charge in [0.1, 0.15) is 17.9 Å². The van der Waals surface area contributed by atoms with Gasteiger partial charge in [0.25, 0.3) is 0 Å². The maximum absolute atomic E-state index is 12.1. The molecule has 0 saturated heterocycles. The van der Waals surface area contributed by atoms with E-state index in [0.29, 0.717) is 27.5 Å². The van der Waals surface area contributed by atoms with Crippen molar-refractivity contribution in [2.24, 2.45) is 0 Å². The maximum atomic E-state index is 12.1. The summed E-state index contributed by atoms with van der Waals surface area (Å²) in [4.78, 5) is 12.1. The summed E-state index contributed by atoms with van der Waals surface area (Å²) in [6.07, 6.45) is 1.72. The van der Waals surface area contributed by atoms with E-state index in [1.807, 2.05) is 36.4 Å². The SMILES string of the molecule is CCC[N+](CC)(NC[C@H](O)c1cccc(Cl)c1)c1cccc(-c2occc2C(=O)OC)c1. The summed E-state index contributed by atoms with van der Waals surface area (Å²) >= 11 is 6.09. The Morgan fingerprint density at radius 3 is 2.66 bits per heavy atom. The molecule has 2 N–H and O–H groups in total. The highest BCUT2D eigenvalue weighted by Gasteiger charge is 2.30. The van der Waals surface area contributed by atoms with Crippen LogP contribution in [0.3, 0.4) is 0 Å². The summed E-state index contributed by atoms with van der Waals surface area (Å²) in [5.74, 6) is 0.0371. The highest BCUT2D eigenvalue weighted by Crippen LogP contribution is 2.31. The predicted octanol–water partition coefficient (Wildman–Crippen LogP) is 5.36. The molecule has 1 heterocycles. The van der Waals surface area contributed by atoms with Gasteiger partial charge in [-0.3, -0.25) is 0 Å². The van der Waals surface area contributed by atoms with Crippen molar-refractivity contribution in [3.63, 3.8) is 0 Å². The summed E-state index contributed by atoms with van der Waals surface area (Å²) < 4.78 is 11.0. The quantitative estimate of drug-likeness (QED) is 0.243. The van der Waals surface area contributed by atoms with Crippen molar-refractivity contribution in [3.05, 3.63) is 77.0 Å². The van der Waals surface area contributed by atoms with Crippen molar-refractivity contribution in [2.45, 2.75) is 26.4 Å². The molecule has 2 atom stereocenters. The van der Waals surface area contributed by atoms with Crippen molar-refractivity contribution in [3.8, 4) is 11.3 Å². The van der Waals surface area contributed by atoms with Crippen LogP contribution >= 0.6 is 11.6 Å². The number of ether oxygens (including phenoxy) is 1. The lowest BCUT2D eigenvalue weighted by Gasteiger charge is -2.37. The second kappa shape index (κ2) is 10.8. The summed E-state index contributed by atoms with van der Waals surface area (Å²) in [5, 5.41) is 11.3. The van der Waals surface area contributed by atoms with Crippen LogP contribution in [0.15, 0.2) is 65.3 Å². The normalized spacial score (nSPS) is 14.0. The Bertz CT molecular complexity index is 1050. The molecule has 6 nitrogen and oxygen atoms in total. The van der Waals surface area contributed by atoms with Gasteiger partial charge in [0.15, 0.2) is 5.69 Å². The van der Waals surface area contributed by atoms with E-state index in [2.05, 4.69) is 19.3 Å². The number of rotatable bonds is 10. The number of hydrogen-bond donors (Lipinski definition) is 2. The predicted molar refractivity (Wildman–Crippen MR) is 127 cm³/mol.